The van der Waals surface area contributed by atoms with E-state index >= 15 is 0 Å². The molecule has 29 heavy (non-hydrogen) atoms. The SMILES string of the molecule is CCc1cccc(CC)c1-n1nc2c(c1-c1ccc(Cl)c3[nH]ccc13)CNCC2. The molecule has 4 nitrogen and oxygen atoms in total. The van der Waals surface area contributed by atoms with E-state index in [9.17, 15) is 0 Å². The van der Waals surface area contributed by atoms with E-state index < -0.39 is 0 Å². The molecule has 148 valence electrons. The maximum absolute atomic E-state index is 6.46. The lowest BCUT2D eigenvalue weighted by molar-refractivity contribution is 0.635. The second-order valence-corrected chi connectivity index (χ2v) is 8.01. The summed E-state index contributed by atoms with van der Waals surface area (Å²) in [6, 6.07) is 12.9. The minimum absolute atomic E-state index is 0.745. The van der Waals surface area contributed by atoms with Gasteiger partial charge >= 0.3 is 0 Å². The molecule has 2 aromatic carbocycles. The Kier molecular flexibility index (Phi) is 4.69. The maximum atomic E-state index is 6.46. The first-order valence-corrected chi connectivity index (χ1v) is 10.8. The molecule has 4 aromatic rings. The molecule has 0 unspecified atom stereocenters. The maximum Gasteiger partial charge on any atom is 0.0795 e. The van der Waals surface area contributed by atoms with Gasteiger partial charge in [0.05, 0.1) is 27.6 Å². The minimum atomic E-state index is 0.745. The summed E-state index contributed by atoms with van der Waals surface area (Å²) < 4.78 is 2.21. The fourth-order valence-electron chi connectivity index (χ4n) is 4.56. The highest BCUT2D eigenvalue weighted by Crippen LogP contribution is 2.38. The van der Waals surface area contributed by atoms with Crippen molar-refractivity contribution in [1.29, 1.82) is 0 Å². The molecular formula is C24H25ClN4. The third-order valence-corrected chi connectivity index (χ3v) is 6.33. The molecule has 0 bridgehead atoms. The van der Waals surface area contributed by atoms with E-state index in [0.29, 0.717) is 0 Å². The topological polar surface area (TPSA) is 45.6 Å². The number of aryl methyl sites for hydroxylation is 2. The molecule has 0 fully saturated rings. The van der Waals surface area contributed by atoms with E-state index in [1.807, 2.05) is 12.3 Å². The Morgan fingerprint density at radius 1 is 1.07 bits per heavy atom. The van der Waals surface area contributed by atoms with Crippen LogP contribution in [0.3, 0.4) is 0 Å². The molecule has 0 amide bonds. The molecule has 5 rings (SSSR count). The van der Waals surface area contributed by atoms with Crippen molar-refractivity contribution in [3.8, 4) is 16.9 Å². The molecule has 0 aliphatic carbocycles. The van der Waals surface area contributed by atoms with Gasteiger partial charge in [-0.1, -0.05) is 49.7 Å². The van der Waals surface area contributed by atoms with Crippen molar-refractivity contribution in [2.24, 2.45) is 0 Å². The second-order valence-electron chi connectivity index (χ2n) is 7.61. The number of nitrogens with zero attached hydrogens (tertiary/aromatic N) is 2. The van der Waals surface area contributed by atoms with Gasteiger partial charge in [0, 0.05) is 42.2 Å². The molecule has 2 N–H and O–H groups in total. The fraction of sp³-hybridized carbons (Fsp3) is 0.292. The first-order chi connectivity index (χ1) is 14.2. The van der Waals surface area contributed by atoms with Crippen molar-refractivity contribution in [2.45, 2.75) is 39.7 Å². The van der Waals surface area contributed by atoms with Crippen LogP contribution in [0.1, 0.15) is 36.2 Å². The molecule has 0 atom stereocenters. The van der Waals surface area contributed by atoms with Gasteiger partial charge in [-0.15, -0.1) is 0 Å². The van der Waals surface area contributed by atoms with Crippen molar-refractivity contribution < 1.29 is 0 Å². The second kappa shape index (κ2) is 7.36. The van der Waals surface area contributed by atoms with Crippen molar-refractivity contribution in [3.05, 3.63) is 70.0 Å². The van der Waals surface area contributed by atoms with Crippen LogP contribution < -0.4 is 5.32 Å². The van der Waals surface area contributed by atoms with Gasteiger partial charge in [0.25, 0.3) is 0 Å². The molecule has 0 radical (unpaired) electrons. The summed E-state index contributed by atoms with van der Waals surface area (Å²) in [7, 11) is 0. The predicted molar refractivity (Wildman–Crippen MR) is 120 cm³/mol. The Labute approximate surface area is 175 Å². The lowest BCUT2D eigenvalue weighted by atomic mass is 9.98. The van der Waals surface area contributed by atoms with Gasteiger partial charge in [-0.2, -0.15) is 5.10 Å². The Bertz CT molecular complexity index is 1180. The lowest BCUT2D eigenvalue weighted by Gasteiger charge is -2.18. The summed E-state index contributed by atoms with van der Waals surface area (Å²) in [4.78, 5) is 3.30. The van der Waals surface area contributed by atoms with Gasteiger partial charge in [-0.3, -0.25) is 0 Å². The molecule has 5 heteroatoms. The van der Waals surface area contributed by atoms with Crippen molar-refractivity contribution >= 4 is 22.5 Å². The van der Waals surface area contributed by atoms with Crippen LogP contribution >= 0.6 is 11.6 Å². The van der Waals surface area contributed by atoms with Gasteiger partial charge < -0.3 is 10.3 Å². The first-order valence-electron chi connectivity index (χ1n) is 10.4. The molecule has 1 aliphatic rings. The quantitative estimate of drug-likeness (QED) is 0.475. The zero-order valence-corrected chi connectivity index (χ0v) is 17.6. The first kappa shape index (κ1) is 18.5. The zero-order chi connectivity index (χ0) is 20.0. The molecule has 0 spiro atoms. The van der Waals surface area contributed by atoms with Gasteiger partial charge in [0.1, 0.15) is 0 Å². The van der Waals surface area contributed by atoms with E-state index in [4.69, 9.17) is 16.7 Å². The summed E-state index contributed by atoms with van der Waals surface area (Å²) in [5, 5.41) is 10.6. The van der Waals surface area contributed by atoms with Crippen LogP contribution in [0.4, 0.5) is 0 Å². The van der Waals surface area contributed by atoms with Crippen LogP contribution in [-0.2, 0) is 25.8 Å². The molecule has 2 aromatic heterocycles. The number of para-hydroxylation sites is 1. The van der Waals surface area contributed by atoms with E-state index in [1.54, 1.807) is 0 Å². The average molecular weight is 405 g/mol. The average Bonchev–Trinajstić information content (AvgIpc) is 3.39. The van der Waals surface area contributed by atoms with Gasteiger partial charge in [-0.25, -0.2) is 4.68 Å². The fourth-order valence-corrected chi connectivity index (χ4v) is 4.77. The number of nitrogens with one attached hydrogen (secondary N) is 2. The smallest absolute Gasteiger partial charge is 0.0795 e. The van der Waals surface area contributed by atoms with Gasteiger partial charge in [-0.05, 0) is 36.1 Å². The molecule has 0 saturated carbocycles. The Balaban J connectivity index is 1.87. The van der Waals surface area contributed by atoms with Crippen molar-refractivity contribution in [1.82, 2.24) is 20.1 Å². The van der Waals surface area contributed by atoms with E-state index in [-0.39, 0.29) is 0 Å². The molecule has 1 aliphatic heterocycles. The van der Waals surface area contributed by atoms with Crippen LogP contribution in [-0.4, -0.2) is 21.3 Å². The number of benzene rings is 2. The molecular weight excluding hydrogens is 380 g/mol. The number of aromatic nitrogens is 3. The zero-order valence-electron chi connectivity index (χ0n) is 16.8. The van der Waals surface area contributed by atoms with Gasteiger partial charge in [0.2, 0.25) is 0 Å². The van der Waals surface area contributed by atoms with Crippen LogP contribution in [0, 0.1) is 0 Å². The summed E-state index contributed by atoms with van der Waals surface area (Å²) in [5.41, 5.74) is 9.74. The summed E-state index contributed by atoms with van der Waals surface area (Å²) in [6.45, 7) is 6.25. The number of rotatable bonds is 4. The number of aromatic amines is 1. The van der Waals surface area contributed by atoms with Crippen LogP contribution in [0.25, 0.3) is 27.8 Å². The van der Waals surface area contributed by atoms with Crippen LogP contribution in [0.2, 0.25) is 5.02 Å². The predicted octanol–water partition coefficient (Wildman–Crippen LogP) is 5.44. The molecule has 0 saturated heterocycles. The third-order valence-electron chi connectivity index (χ3n) is 6.01. The highest BCUT2D eigenvalue weighted by atomic mass is 35.5. The Morgan fingerprint density at radius 3 is 2.62 bits per heavy atom. The summed E-state index contributed by atoms with van der Waals surface area (Å²) in [5.74, 6) is 0. The van der Waals surface area contributed by atoms with Crippen LogP contribution in [0.15, 0.2) is 42.6 Å². The Morgan fingerprint density at radius 2 is 1.86 bits per heavy atom. The third kappa shape index (κ3) is 2.90. The Hall–Kier alpha value is -2.56. The normalized spacial score (nSPS) is 13.8. The highest BCUT2D eigenvalue weighted by molar-refractivity contribution is 6.35. The molecule has 3 heterocycles. The van der Waals surface area contributed by atoms with Crippen molar-refractivity contribution in [3.63, 3.8) is 0 Å². The summed E-state index contributed by atoms with van der Waals surface area (Å²) in [6.07, 6.45) is 4.87. The highest BCUT2D eigenvalue weighted by Gasteiger charge is 2.26. The number of hydrogen-bond donors (Lipinski definition) is 2. The number of H-pyrrole nitrogens is 1. The minimum Gasteiger partial charge on any atom is -0.360 e. The summed E-state index contributed by atoms with van der Waals surface area (Å²) >= 11 is 6.46. The van der Waals surface area contributed by atoms with Crippen LogP contribution in [0.5, 0.6) is 0 Å². The van der Waals surface area contributed by atoms with Gasteiger partial charge in [0.15, 0.2) is 0 Å². The number of halogens is 1. The number of hydrogen-bond acceptors (Lipinski definition) is 2. The van der Waals surface area contributed by atoms with Crippen molar-refractivity contribution in [2.75, 3.05) is 6.54 Å². The van der Waals surface area contributed by atoms with E-state index in [2.05, 4.69) is 59.2 Å². The standard InChI is InChI=1S/C24H25ClN4/c1-3-15-6-5-7-16(4-2)23(15)29-24(19-14-26-12-11-21(19)28-29)18-8-9-20(25)22-17(18)10-13-27-22/h5-10,13,26-27H,3-4,11-12,14H2,1-2H3. The lowest BCUT2D eigenvalue weighted by Crippen LogP contribution is -2.23. The number of fused-ring (bicyclic) bond motifs is 2. The van der Waals surface area contributed by atoms with E-state index in [0.717, 1.165) is 48.3 Å². The van der Waals surface area contributed by atoms with E-state index in [1.165, 1.54) is 39.3 Å². The monoisotopic (exact) mass is 404 g/mol. The largest absolute Gasteiger partial charge is 0.360 e.